The van der Waals surface area contributed by atoms with Crippen LogP contribution in [-0.2, 0) is 4.79 Å². The van der Waals surface area contributed by atoms with Gasteiger partial charge in [-0.15, -0.1) is 23.1 Å². The van der Waals surface area contributed by atoms with E-state index >= 15 is 0 Å². The Labute approximate surface area is 170 Å². The monoisotopic (exact) mass is 415 g/mol. The predicted octanol–water partition coefficient (Wildman–Crippen LogP) is 4.96. The highest BCUT2D eigenvalue weighted by atomic mass is 32.2. The highest BCUT2D eigenvalue weighted by Crippen LogP contribution is 2.26. The second-order valence-electron chi connectivity index (χ2n) is 6.03. The van der Waals surface area contributed by atoms with Crippen LogP contribution in [0.2, 0.25) is 0 Å². The van der Waals surface area contributed by atoms with Crippen molar-refractivity contribution in [2.24, 2.45) is 0 Å². The van der Waals surface area contributed by atoms with Gasteiger partial charge in [0.05, 0.1) is 10.9 Å². The number of hydrogen-bond donors (Lipinski definition) is 2. The molecule has 0 saturated carbocycles. The standard InChI is InChI=1S/C20H18FN3O2S2/c1-12-11-27-20(22-12)24-18(25)13(2)28-17-9-7-16(8-10-17)23-19(26)14-3-5-15(21)6-4-14/h3-11,13H,1-2H3,(H,23,26)(H,22,24,25). The average molecular weight is 416 g/mol. The van der Waals surface area contributed by atoms with Gasteiger partial charge in [0.2, 0.25) is 5.91 Å². The molecule has 3 rings (SSSR count). The van der Waals surface area contributed by atoms with Crippen LogP contribution < -0.4 is 10.6 Å². The number of benzene rings is 2. The van der Waals surface area contributed by atoms with Crippen LogP contribution in [0.1, 0.15) is 23.0 Å². The van der Waals surface area contributed by atoms with Crippen LogP contribution in [0.15, 0.2) is 58.8 Å². The lowest BCUT2D eigenvalue weighted by molar-refractivity contribution is -0.115. The minimum Gasteiger partial charge on any atom is -0.322 e. The van der Waals surface area contributed by atoms with Crippen molar-refractivity contribution < 1.29 is 14.0 Å². The number of anilines is 2. The third kappa shape index (κ3) is 5.40. The van der Waals surface area contributed by atoms with Gasteiger partial charge >= 0.3 is 0 Å². The lowest BCUT2D eigenvalue weighted by Gasteiger charge is -2.11. The van der Waals surface area contributed by atoms with Crippen LogP contribution in [0.4, 0.5) is 15.2 Å². The number of halogens is 1. The largest absolute Gasteiger partial charge is 0.322 e. The molecule has 3 aromatic rings. The van der Waals surface area contributed by atoms with E-state index in [-0.39, 0.29) is 22.9 Å². The fourth-order valence-corrected chi connectivity index (χ4v) is 3.86. The van der Waals surface area contributed by atoms with Crippen molar-refractivity contribution >= 4 is 45.7 Å². The topological polar surface area (TPSA) is 71.1 Å². The second-order valence-corrected chi connectivity index (χ2v) is 8.30. The summed E-state index contributed by atoms with van der Waals surface area (Å²) in [5.41, 5.74) is 1.87. The quantitative estimate of drug-likeness (QED) is 0.558. The molecule has 2 aromatic carbocycles. The van der Waals surface area contributed by atoms with Gasteiger partial charge in [-0.05, 0) is 62.4 Å². The zero-order valence-electron chi connectivity index (χ0n) is 15.2. The van der Waals surface area contributed by atoms with E-state index in [1.54, 1.807) is 12.1 Å². The molecule has 0 saturated heterocycles. The maximum Gasteiger partial charge on any atom is 0.255 e. The fourth-order valence-electron chi connectivity index (χ4n) is 2.30. The normalized spacial score (nSPS) is 11.7. The molecule has 5 nitrogen and oxygen atoms in total. The lowest BCUT2D eigenvalue weighted by Crippen LogP contribution is -2.22. The maximum atomic E-state index is 12.9. The van der Waals surface area contributed by atoms with Crippen molar-refractivity contribution in [1.82, 2.24) is 4.98 Å². The van der Waals surface area contributed by atoms with Crippen molar-refractivity contribution in [3.8, 4) is 0 Å². The van der Waals surface area contributed by atoms with E-state index in [2.05, 4.69) is 15.6 Å². The fraction of sp³-hybridized carbons (Fsp3) is 0.150. The first-order valence-corrected chi connectivity index (χ1v) is 10.2. The molecule has 0 aliphatic carbocycles. The number of carbonyl (C=O) groups is 2. The first-order valence-electron chi connectivity index (χ1n) is 8.47. The molecule has 144 valence electrons. The number of hydrogen-bond acceptors (Lipinski definition) is 5. The summed E-state index contributed by atoms with van der Waals surface area (Å²) < 4.78 is 12.9. The molecule has 2 amide bonds. The van der Waals surface area contributed by atoms with E-state index in [9.17, 15) is 14.0 Å². The minimum absolute atomic E-state index is 0.118. The number of nitrogens with one attached hydrogen (secondary N) is 2. The van der Waals surface area contributed by atoms with E-state index in [4.69, 9.17) is 0 Å². The second kappa shape index (κ2) is 8.99. The number of nitrogens with zero attached hydrogens (tertiary/aromatic N) is 1. The zero-order valence-corrected chi connectivity index (χ0v) is 16.9. The summed E-state index contributed by atoms with van der Waals surface area (Å²) in [6.07, 6.45) is 0. The summed E-state index contributed by atoms with van der Waals surface area (Å²) in [4.78, 5) is 29.6. The van der Waals surface area contributed by atoms with Crippen LogP contribution in [0.25, 0.3) is 0 Å². The molecule has 2 N–H and O–H groups in total. The Morgan fingerprint density at radius 1 is 1.07 bits per heavy atom. The third-order valence-electron chi connectivity index (χ3n) is 3.75. The molecule has 0 bridgehead atoms. The molecule has 1 unspecified atom stereocenters. The number of amides is 2. The Balaban J connectivity index is 1.55. The van der Waals surface area contributed by atoms with E-state index < -0.39 is 0 Å². The summed E-state index contributed by atoms with van der Waals surface area (Å²) >= 11 is 2.81. The molecule has 0 radical (unpaired) electrons. The molecule has 0 fully saturated rings. The van der Waals surface area contributed by atoms with Gasteiger partial charge in [0.25, 0.3) is 5.91 Å². The van der Waals surface area contributed by atoms with Crippen LogP contribution >= 0.6 is 23.1 Å². The van der Waals surface area contributed by atoms with E-state index in [0.717, 1.165) is 10.6 Å². The molecular weight excluding hydrogens is 397 g/mol. The molecule has 8 heteroatoms. The molecule has 0 aliphatic heterocycles. The van der Waals surface area contributed by atoms with Gasteiger partial charge in [-0.1, -0.05) is 0 Å². The van der Waals surface area contributed by atoms with Crippen LogP contribution in [0.5, 0.6) is 0 Å². The van der Waals surface area contributed by atoms with Crippen molar-refractivity contribution in [1.29, 1.82) is 0 Å². The van der Waals surface area contributed by atoms with Gasteiger partial charge in [0, 0.05) is 21.5 Å². The summed E-state index contributed by atoms with van der Waals surface area (Å²) in [6, 6.07) is 12.5. The van der Waals surface area contributed by atoms with Crippen molar-refractivity contribution in [2.75, 3.05) is 10.6 Å². The molecule has 0 aliphatic rings. The maximum absolute atomic E-state index is 12.9. The zero-order chi connectivity index (χ0) is 20.1. The van der Waals surface area contributed by atoms with Crippen LogP contribution in [0.3, 0.4) is 0 Å². The summed E-state index contributed by atoms with van der Waals surface area (Å²) in [5.74, 6) is -0.819. The summed E-state index contributed by atoms with van der Waals surface area (Å²) in [6.45, 7) is 3.70. The van der Waals surface area contributed by atoms with Gasteiger partial charge in [-0.3, -0.25) is 9.59 Å². The average Bonchev–Trinajstić information content (AvgIpc) is 3.08. The van der Waals surface area contributed by atoms with Crippen molar-refractivity contribution in [3.63, 3.8) is 0 Å². The van der Waals surface area contributed by atoms with E-state index in [1.807, 2.05) is 31.4 Å². The lowest BCUT2D eigenvalue weighted by atomic mass is 10.2. The molecule has 28 heavy (non-hydrogen) atoms. The van der Waals surface area contributed by atoms with E-state index in [0.29, 0.717) is 16.4 Å². The molecular formula is C20H18FN3O2S2. The third-order valence-corrected chi connectivity index (χ3v) is 5.74. The number of aryl methyl sites for hydroxylation is 1. The molecule has 1 aromatic heterocycles. The highest BCUT2D eigenvalue weighted by Gasteiger charge is 2.16. The first kappa shape index (κ1) is 20.0. The predicted molar refractivity (Wildman–Crippen MR) is 112 cm³/mol. The van der Waals surface area contributed by atoms with Gasteiger partial charge in [-0.25, -0.2) is 9.37 Å². The van der Waals surface area contributed by atoms with Gasteiger partial charge in [0.1, 0.15) is 5.82 Å². The van der Waals surface area contributed by atoms with E-state index in [1.165, 1.54) is 47.4 Å². The van der Waals surface area contributed by atoms with Crippen molar-refractivity contribution in [3.05, 3.63) is 71.0 Å². The summed E-state index contributed by atoms with van der Waals surface area (Å²) in [7, 11) is 0. The Morgan fingerprint density at radius 3 is 2.36 bits per heavy atom. The smallest absolute Gasteiger partial charge is 0.255 e. The Morgan fingerprint density at radius 2 is 1.75 bits per heavy atom. The van der Waals surface area contributed by atoms with Crippen LogP contribution in [0, 0.1) is 12.7 Å². The number of carbonyl (C=O) groups excluding carboxylic acids is 2. The molecule has 1 atom stereocenters. The molecule has 0 spiro atoms. The Kier molecular flexibility index (Phi) is 6.43. The number of rotatable bonds is 6. The summed E-state index contributed by atoms with van der Waals surface area (Å²) in [5, 5.41) is 7.74. The number of thiazole rings is 1. The van der Waals surface area contributed by atoms with Crippen molar-refractivity contribution in [2.45, 2.75) is 24.0 Å². The number of thioether (sulfide) groups is 1. The molecule has 1 heterocycles. The van der Waals surface area contributed by atoms with Gasteiger partial charge in [-0.2, -0.15) is 0 Å². The van der Waals surface area contributed by atoms with Gasteiger partial charge < -0.3 is 10.6 Å². The SMILES string of the molecule is Cc1csc(NC(=O)C(C)Sc2ccc(NC(=O)c3ccc(F)cc3)cc2)n1. The van der Waals surface area contributed by atoms with Gasteiger partial charge in [0.15, 0.2) is 5.13 Å². The Hall–Kier alpha value is -2.71. The Bertz CT molecular complexity index is 972. The highest BCUT2D eigenvalue weighted by molar-refractivity contribution is 8.00. The first-order chi connectivity index (χ1) is 13.4. The minimum atomic E-state index is -0.388. The van der Waals surface area contributed by atoms with Crippen LogP contribution in [-0.4, -0.2) is 22.0 Å². The number of aromatic nitrogens is 1.